The second-order valence-corrected chi connectivity index (χ2v) is 8.21. The summed E-state index contributed by atoms with van der Waals surface area (Å²) in [7, 11) is 0. The van der Waals surface area contributed by atoms with Crippen LogP contribution in [0.4, 0.5) is 0 Å². The van der Waals surface area contributed by atoms with E-state index in [1.165, 1.54) is 31.2 Å². The van der Waals surface area contributed by atoms with Crippen molar-refractivity contribution in [2.24, 2.45) is 22.2 Å². The fourth-order valence-electron chi connectivity index (χ4n) is 3.08. The van der Waals surface area contributed by atoms with Crippen LogP contribution < -0.4 is 33.2 Å². The number of benzene rings is 1. The van der Waals surface area contributed by atoms with Crippen molar-refractivity contribution in [3.05, 3.63) is 29.8 Å². The van der Waals surface area contributed by atoms with Crippen LogP contribution in [0.2, 0.25) is 0 Å². The number of carboxylic acids is 2. The van der Waals surface area contributed by atoms with Gasteiger partial charge in [-0.25, -0.2) is 4.79 Å². The maximum Gasteiger partial charge on any atom is 0.326 e. The summed E-state index contributed by atoms with van der Waals surface area (Å²) in [5.74, 6) is -5.25. The number of aliphatic carboxylic acids is 2. The van der Waals surface area contributed by atoms with E-state index in [1.54, 1.807) is 0 Å². The Bertz CT molecular complexity index is 995. The van der Waals surface area contributed by atoms with Crippen molar-refractivity contribution in [3.8, 4) is 5.75 Å². The molecule has 1 aromatic rings. The number of hydrogen-bond donors (Lipinski definition) is 9. The summed E-state index contributed by atoms with van der Waals surface area (Å²) >= 11 is 0. The summed E-state index contributed by atoms with van der Waals surface area (Å²) in [5.41, 5.74) is 16.6. The van der Waals surface area contributed by atoms with E-state index >= 15 is 0 Å². The van der Waals surface area contributed by atoms with E-state index in [-0.39, 0.29) is 37.5 Å². The van der Waals surface area contributed by atoms with Gasteiger partial charge in [0.25, 0.3) is 0 Å². The Labute approximate surface area is 212 Å². The molecule has 0 saturated heterocycles. The number of aromatic hydroxyl groups is 1. The van der Waals surface area contributed by atoms with Gasteiger partial charge >= 0.3 is 11.9 Å². The molecule has 0 aromatic heterocycles. The Morgan fingerprint density at radius 3 is 2.05 bits per heavy atom. The summed E-state index contributed by atoms with van der Waals surface area (Å²) in [6.07, 6.45) is -0.465. The summed E-state index contributed by atoms with van der Waals surface area (Å²) in [6, 6.07) is 0.629. The van der Waals surface area contributed by atoms with Crippen LogP contribution in [0, 0.1) is 0 Å². The van der Waals surface area contributed by atoms with Gasteiger partial charge in [0.1, 0.15) is 23.9 Å². The lowest BCUT2D eigenvalue weighted by Gasteiger charge is -2.23. The first-order valence-corrected chi connectivity index (χ1v) is 11.2. The molecule has 0 fully saturated rings. The number of phenolic OH excluding ortho intramolecular Hbond substituents is 1. The summed E-state index contributed by atoms with van der Waals surface area (Å²) in [5, 5.41) is 34.8. The molecule has 4 unspecified atom stereocenters. The molecule has 0 spiro atoms. The van der Waals surface area contributed by atoms with Crippen molar-refractivity contribution in [3.63, 3.8) is 0 Å². The Balaban J connectivity index is 2.92. The van der Waals surface area contributed by atoms with Gasteiger partial charge in [-0.05, 0) is 37.5 Å². The second-order valence-electron chi connectivity index (χ2n) is 8.21. The van der Waals surface area contributed by atoms with Crippen LogP contribution in [0.25, 0.3) is 0 Å². The van der Waals surface area contributed by atoms with E-state index in [0.717, 1.165) is 0 Å². The highest BCUT2D eigenvalue weighted by Crippen LogP contribution is 2.12. The van der Waals surface area contributed by atoms with Gasteiger partial charge in [-0.3, -0.25) is 24.2 Å². The minimum Gasteiger partial charge on any atom is -0.508 e. The molecule has 37 heavy (non-hydrogen) atoms. The zero-order chi connectivity index (χ0) is 28.1. The van der Waals surface area contributed by atoms with E-state index in [9.17, 15) is 34.2 Å². The molecule has 204 valence electrons. The van der Waals surface area contributed by atoms with Crippen LogP contribution >= 0.6 is 0 Å². The largest absolute Gasteiger partial charge is 0.508 e. The van der Waals surface area contributed by atoms with Crippen molar-refractivity contribution in [1.29, 1.82) is 0 Å². The first kappa shape index (κ1) is 30.6. The first-order chi connectivity index (χ1) is 17.3. The van der Waals surface area contributed by atoms with Crippen LogP contribution in [0.15, 0.2) is 29.3 Å². The lowest BCUT2D eigenvalue weighted by atomic mass is 10.0. The van der Waals surface area contributed by atoms with Gasteiger partial charge in [-0.15, -0.1) is 0 Å². The molecule has 3 amide bonds. The van der Waals surface area contributed by atoms with Gasteiger partial charge in [0.2, 0.25) is 17.7 Å². The fourth-order valence-corrected chi connectivity index (χ4v) is 3.08. The third-order valence-corrected chi connectivity index (χ3v) is 5.05. The van der Waals surface area contributed by atoms with Gasteiger partial charge in [0.05, 0.1) is 12.5 Å². The Morgan fingerprint density at radius 2 is 1.51 bits per heavy atom. The number of guanidine groups is 1. The lowest BCUT2D eigenvalue weighted by Crippen LogP contribution is -2.56. The molecule has 0 aliphatic heterocycles. The van der Waals surface area contributed by atoms with Gasteiger partial charge in [-0.1, -0.05) is 12.1 Å². The molecule has 1 aromatic carbocycles. The van der Waals surface area contributed by atoms with Gasteiger partial charge in [-0.2, -0.15) is 0 Å². The number of carbonyl (C=O) groups excluding carboxylic acids is 3. The Morgan fingerprint density at radius 1 is 0.919 bits per heavy atom. The number of phenols is 1. The minimum absolute atomic E-state index is 0.00617. The number of rotatable bonds is 15. The van der Waals surface area contributed by atoms with E-state index in [2.05, 4.69) is 20.9 Å². The van der Waals surface area contributed by atoms with Crippen LogP contribution in [0.3, 0.4) is 0 Å². The maximum atomic E-state index is 13.0. The average Bonchev–Trinajstić information content (AvgIpc) is 2.80. The number of nitrogens with one attached hydrogen (secondary N) is 3. The van der Waals surface area contributed by atoms with Crippen molar-refractivity contribution < 1.29 is 39.3 Å². The summed E-state index contributed by atoms with van der Waals surface area (Å²) in [6.45, 7) is 1.44. The van der Waals surface area contributed by atoms with Gasteiger partial charge < -0.3 is 48.5 Å². The molecule has 0 bridgehead atoms. The number of amides is 3. The van der Waals surface area contributed by atoms with Crippen molar-refractivity contribution in [2.45, 2.75) is 56.8 Å². The molecule has 12 N–H and O–H groups in total. The zero-order valence-electron chi connectivity index (χ0n) is 20.2. The first-order valence-electron chi connectivity index (χ1n) is 11.2. The molecule has 0 saturated carbocycles. The highest BCUT2D eigenvalue weighted by Gasteiger charge is 2.29. The molecule has 0 radical (unpaired) electrons. The molecule has 0 aliphatic carbocycles. The molecule has 4 atom stereocenters. The third-order valence-electron chi connectivity index (χ3n) is 5.05. The maximum absolute atomic E-state index is 13.0. The van der Waals surface area contributed by atoms with E-state index in [4.69, 9.17) is 22.3 Å². The predicted molar refractivity (Wildman–Crippen MR) is 131 cm³/mol. The molecule has 0 heterocycles. The zero-order valence-corrected chi connectivity index (χ0v) is 20.2. The van der Waals surface area contributed by atoms with Gasteiger partial charge in [0.15, 0.2) is 5.96 Å². The topological polar surface area (TPSA) is 273 Å². The Kier molecular flexibility index (Phi) is 12.3. The smallest absolute Gasteiger partial charge is 0.326 e. The van der Waals surface area contributed by atoms with Crippen LogP contribution in [-0.2, 0) is 30.4 Å². The molecular weight excluding hydrogens is 490 g/mol. The standard InChI is InChI=1S/C22H33N7O8/c1-11(27-19(34)14(23)10-17(31)32)18(33)28-15(3-2-8-26-22(24)25)20(35)29-16(21(36)37)9-12-4-6-13(30)7-5-12/h4-7,11,14-16,30H,2-3,8-10,23H2,1H3,(H,27,34)(H,28,33)(H,29,35)(H,31,32)(H,36,37)(H4,24,25,26). The summed E-state index contributed by atoms with van der Waals surface area (Å²) in [4.78, 5) is 63.9. The number of aliphatic imine (C=N–C) groups is 1. The number of nitrogens with zero attached hydrogens (tertiary/aromatic N) is 1. The SMILES string of the molecule is CC(NC(=O)C(N)CC(=O)O)C(=O)NC(CCCN=C(N)N)C(=O)NC(Cc1ccc(O)cc1)C(=O)O. The summed E-state index contributed by atoms with van der Waals surface area (Å²) < 4.78 is 0. The molecule has 15 nitrogen and oxygen atoms in total. The number of carboxylic acid groups (broad SMARTS) is 2. The van der Waals surface area contributed by atoms with E-state index in [0.29, 0.717) is 5.56 Å². The van der Waals surface area contributed by atoms with Crippen molar-refractivity contribution in [1.82, 2.24) is 16.0 Å². The van der Waals surface area contributed by atoms with Gasteiger partial charge in [0, 0.05) is 13.0 Å². The molecule has 0 aliphatic rings. The predicted octanol–water partition coefficient (Wildman–Crippen LogP) is -2.65. The number of carbonyl (C=O) groups is 5. The van der Waals surface area contributed by atoms with Crippen molar-refractivity contribution >= 4 is 35.6 Å². The number of hydrogen-bond acceptors (Lipinski definition) is 8. The van der Waals surface area contributed by atoms with Crippen LogP contribution in [0.1, 0.15) is 31.7 Å². The molecule has 1 rings (SSSR count). The third kappa shape index (κ3) is 11.7. The van der Waals surface area contributed by atoms with Crippen LogP contribution in [0.5, 0.6) is 5.75 Å². The van der Waals surface area contributed by atoms with Crippen LogP contribution in [-0.4, -0.2) is 81.7 Å². The fraction of sp³-hybridized carbons (Fsp3) is 0.455. The molecular formula is C22H33N7O8. The highest BCUT2D eigenvalue weighted by atomic mass is 16.4. The highest BCUT2D eigenvalue weighted by molar-refractivity contribution is 5.94. The Hall–Kier alpha value is -4.40. The second kappa shape index (κ2) is 14.9. The minimum atomic E-state index is -1.39. The normalized spacial score (nSPS) is 13.8. The quantitative estimate of drug-likeness (QED) is 0.0650. The average molecular weight is 524 g/mol. The van der Waals surface area contributed by atoms with E-state index in [1.807, 2.05) is 0 Å². The molecule has 15 heteroatoms. The van der Waals surface area contributed by atoms with Crippen molar-refractivity contribution in [2.75, 3.05) is 6.54 Å². The van der Waals surface area contributed by atoms with E-state index < -0.39 is 60.2 Å². The monoisotopic (exact) mass is 523 g/mol. The lowest BCUT2D eigenvalue weighted by molar-refractivity contribution is -0.142. The number of nitrogens with two attached hydrogens (primary N) is 3.